The van der Waals surface area contributed by atoms with Gasteiger partial charge in [-0.2, -0.15) is 0 Å². The Morgan fingerprint density at radius 2 is 1.80 bits per heavy atom. The SMILES string of the molecule is CC(=O)N[C@@H](Cc1c[nH]c2ccccc12)C(=O)O[C@H](C)C(=O)Nc1ccc(F)cc1. The number of fused-ring (bicyclic) bond motifs is 1. The maximum Gasteiger partial charge on any atom is 0.329 e. The van der Waals surface area contributed by atoms with Crippen molar-refractivity contribution in [2.45, 2.75) is 32.4 Å². The van der Waals surface area contributed by atoms with Crippen LogP contribution in [0.15, 0.2) is 54.7 Å². The minimum atomic E-state index is -1.11. The number of rotatable bonds is 7. The molecular formula is C22H22FN3O4. The third kappa shape index (κ3) is 5.22. The van der Waals surface area contributed by atoms with E-state index in [4.69, 9.17) is 4.74 Å². The zero-order chi connectivity index (χ0) is 21.7. The van der Waals surface area contributed by atoms with Crippen LogP contribution in [-0.4, -0.2) is 34.9 Å². The number of benzene rings is 2. The van der Waals surface area contributed by atoms with Crippen molar-refractivity contribution in [1.82, 2.24) is 10.3 Å². The number of anilines is 1. The molecular weight excluding hydrogens is 389 g/mol. The summed E-state index contributed by atoms with van der Waals surface area (Å²) in [5, 5.41) is 6.06. The van der Waals surface area contributed by atoms with Crippen LogP contribution in [0.1, 0.15) is 19.4 Å². The van der Waals surface area contributed by atoms with Gasteiger partial charge in [0.25, 0.3) is 5.91 Å². The van der Waals surface area contributed by atoms with Gasteiger partial charge in [0.15, 0.2) is 6.10 Å². The fourth-order valence-electron chi connectivity index (χ4n) is 3.05. The molecule has 8 heteroatoms. The summed E-state index contributed by atoms with van der Waals surface area (Å²) < 4.78 is 18.3. The molecule has 0 radical (unpaired) electrons. The Bertz CT molecular complexity index is 1060. The van der Waals surface area contributed by atoms with E-state index in [-0.39, 0.29) is 12.3 Å². The second-order valence-corrected chi connectivity index (χ2v) is 6.89. The van der Waals surface area contributed by atoms with Crippen molar-refractivity contribution in [3.05, 3.63) is 66.1 Å². The molecule has 3 N–H and O–H groups in total. The number of halogens is 1. The zero-order valence-corrected chi connectivity index (χ0v) is 16.6. The van der Waals surface area contributed by atoms with Crippen molar-refractivity contribution in [2.75, 3.05) is 5.32 Å². The lowest BCUT2D eigenvalue weighted by Crippen LogP contribution is -2.44. The Morgan fingerprint density at radius 1 is 1.10 bits per heavy atom. The van der Waals surface area contributed by atoms with E-state index in [1.807, 2.05) is 24.3 Å². The molecule has 3 aromatic rings. The summed E-state index contributed by atoms with van der Waals surface area (Å²) in [5.74, 6) is -2.11. The Labute approximate surface area is 172 Å². The third-order valence-corrected chi connectivity index (χ3v) is 4.53. The first-order chi connectivity index (χ1) is 14.3. The highest BCUT2D eigenvalue weighted by molar-refractivity contribution is 5.95. The molecule has 0 unspecified atom stereocenters. The molecule has 0 aliphatic rings. The van der Waals surface area contributed by atoms with Crippen molar-refractivity contribution < 1.29 is 23.5 Å². The van der Waals surface area contributed by atoms with E-state index in [1.54, 1.807) is 6.20 Å². The summed E-state index contributed by atoms with van der Waals surface area (Å²) in [7, 11) is 0. The van der Waals surface area contributed by atoms with Gasteiger partial charge in [0.05, 0.1) is 0 Å². The highest BCUT2D eigenvalue weighted by Gasteiger charge is 2.27. The Morgan fingerprint density at radius 3 is 2.50 bits per heavy atom. The molecule has 0 bridgehead atoms. The van der Waals surface area contributed by atoms with Gasteiger partial charge in [0.2, 0.25) is 5.91 Å². The van der Waals surface area contributed by atoms with Crippen LogP contribution in [0.5, 0.6) is 0 Å². The number of carbonyl (C=O) groups excluding carboxylic acids is 3. The first-order valence-corrected chi connectivity index (χ1v) is 9.42. The van der Waals surface area contributed by atoms with E-state index in [9.17, 15) is 18.8 Å². The van der Waals surface area contributed by atoms with Crippen molar-refractivity contribution in [3.63, 3.8) is 0 Å². The quantitative estimate of drug-likeness (QED) is 0.521. The minimum absolute atomic E-state index is 0.203. The Hall–Kier alpha value is -3.68. The number of esters is 1. The Kier molecular flexibility index (Phi) is 6.46. The van der Waals surface area contributed by atoms with Gasteiger partial charge < -0.3 is 20.4 Å². The maximum atomic E-state index is 13.0. The molecule has 0 saturated heterocycles. The zero-order valence-electron chi connectivity index (χ0n) is 16.6. The number of hydrogen-bond donors (Lipinski definition) is 3. The second-order valence-electron chi connectivity index (χ2n) is 6.89. The van der Waals surface area contributed by atoms with Gasteiger partial charge in [-0.05, 0) is 42.8 Å². The second kappa shape index (κ2) is 9.21. The molecule has 1 heterocycles. The molecule has 7 nitrogen and oxygen atoms in total. The Balaban J connectivity index is 1.67. The van der Waals surface area contributed by atoms with Crippen LogP contribution in [0.25, 0.3) is 10.9 Å². The molecule has 0 spiro atoms. The average molecular weight is 411 g/mol. The predicted octanol–water partition coefficient (Wildman–Crippen LogP) is 2.92. The van der Waals surface area contributed by atoms with E-state index < -0.39 is 29.8 Å². The van der Waals surface area contributed by atoms with Crippen molar-refractivity contribution >= 4 is 34.4 Å². The smallest absolute Gasteiger partial charge is 0.329 e. The summed E-state index contributed by atoms with van der Waals surface area (Å²) >= 11 is 0. The van der Waals surface area contributed by atoms with Gasteiger partial charge >= 0.3 is 5.97 Å². The van der Waals surface area contributed by atoms with E-state index in [2.05, 4.69) is 15.6 Å². The summed E-state index contributed by atoms with van der Waals surface area (Å²) in [6, 6.07) is 11.9. The monoisotopic (exact) mass is 411 g/mol. The van der Waals surface area contributed by atoms with Crippen LogP contribution in [0.3, 0.4) is 0 Å². The maximum absolute atomic E-state index is 13.0. The van der Waals surface area contributed by atoms with Gasteiger partial charge in [-0.25, -0.2) is 9.18 Å². The van der Waals surface area contributed by atoms with Gasteiger partial charge in [0, 0.05) is 36.1 Å². The van der Waals surface area contributed by atoms with E-state index in [0.717, 1.165) is 16.5 Å². The van der Waals surface area contributed by atoms with E-state index in [1.165, 1.54) is 38.1 Å². The molecule has 0 aliphatic heterocycles. The molecule has 0 saturated carbocycles. The topological polar surface area (TPSA) is 100 Å². The van der Waals surface area contributed by atoms with Crippen LogP contribution in [-0.2, 0) is 25.5 Å². The molecule has 156 valence electrons. The molecule has 2 aromatic carbocycles. The number of ether oxygens (including phenoxy) is 1. The predicted molar refractivity (Wildman–Crippen MR) is 110 cm³/mol. The van der Waals surface area contributed by atoms with Crippen molar-refractivity contribution in [3.8, 4) is 0 Å². The summed E-state index contributed by atoms with van der Waals surface area (Å²) in [5.41, 5.74) is 2.13. The number of amides is 2. The van der Waals surface area contributed by atoms with Crippen LogP contribution in [0, 0.1) is 5.82 Å². The largest absolute Gasteiger partial charge is 0.451 e. The molecule has 2 atom stereocenters. The number of H-pyrrole nitrogens is 1. The molecule has 30 heavy (non-hydrogen) atoms. The lowest BCUT2D eigenvalue weighted by atomic mass is 10.0. The number of aromatic nitrogens is 1. The highest BCUT2D eigenvalue weighted by atomic mass is 19.1. The fourth-order valence-corrected chi connectivity index (χ4v) is 3.05. The molecule has 1 aromatic heterocycles. The first kappa shape index (κ1) is 21.0. The summed E-state index contributed by atoms with van der Waals surface area (Å²) in [6.45, 7) is 2.73. The van der Waals surface area contributed by atoms with Crippen LogP contribution in [0.4, 0.5) is 10.1 Å². The van der Waals surface area contributed by atoms with Crippen molar-refractivity contribution in [1.29, 1.82) is 0 Å². The normalized spacial score (nSPS) is 12.8. The van der Waals surface area contributed by atoms with Gasteiger partial charge in [-0.1, -0.05) is 18.2 Å². The van der Waals surface area contributed by atoms with Crippen LogP contribution < -0.4 is 10.6 Å². The third-order valence-electron chi connectivity index (χ3n) is 4.53. The first-order valence-electron chi connectivity index (χ1n) is 9.42. The molecule has 0 fully saturated rings. The van der Waals surface area contributed by atoms with E-state index >= 15 is 0 Å². The summed E-state index contributed by atoms with van der Waals surface area (Å²) in [6.07, 6.45) is 0.869. The van der Waals surface area contributed by atoms with Gasteiger partial charge in [0.1, 0.15) is 11.9 Å². The number of carbonyl (C=O) groups is 3. The lowest BCUT2D eigenvalue weighted by molar-refractivity contribution is -0.156. The molecule has 3 rings (SSSR count). The van der Waals surface area contributed by atoms with Crippen LogP contribution >= 0.6 is 0 Å². The number of nitrogens with one attached hydrogen (secondary N) is 3. The highest BCUT2D eigenvalue weighted by Crippen LogP contribution is 2.19. The lowest BCUT2D eigenvalue weighted by Gasteiger charge is -2.20. The van der Waals surface area contributed by atoms with Crippen molar-refractivity contribution in [2.24, 2.45) is 0 Å². The van der Waals surface area contributed by atoms with E-state index in [0.29, 0.717) is 5.69 Å². The minimum Gasteiger partial charge on any atom is -0.451 e. The van der Waals surface area contributed by atoms with Crippen LogP contribution in [0.2, 0.25) is 0 Å². The molecule has 2 amide bonds. The van der Waals surface area contributed by atoms with Gasteiger partial charge in [-0.3, -0.25) is 9.59 Å². The number of para-hydroxylation sites is 1. The summed E-state index contributed by atoms with van der Waals surface area (Å²) in [4.78, 5) is 39.7. The fraction of sp³-hybridized carbons (Fsp3) is 0.227. The van der Waals surface area contributed by atoms with Gasteiger partial charge in [-0.15, -0.1) is 0 Å². The average Bonchev–Trinajstić information content (AvgIpc) is 3.11. The number of aromatic amines is 1. The standard InChI is InChI=1S/C22H22FN3O4/c1-13(21(28)26-17-9-7-16(23)8-10-17)30-22(29)20(25-14(2)27)11-15-12-24-19-6-4-3-5-18(15)19/h3-10,12-13,20,24H,11H2,1-2H3,(H,25,27)(H,26,28)/t13-,20+/m1/s1. The molecule has 0 aliphatic carbocycles. The number of hydrogen-bond acceptors (Lipinski definition) is 4.